The first-order valence-corrected chi connectivity index (χ1v) is 5.96. The highest BCUT2D eigenvalue weighted by Crippen LogP contribution is 2.16. The zero-order chi connectivity index (χ0) is 11.5. The van der Waals surface area contributed by atoms with E-state index < -0.39 is 16.3 Å². The topological polar surface area (TPSA) is 92.4 Å². The van der Waals surface area contributed by atoms with Crippen LogP contribution >= 0.6 is 0 Å². The van der Waals surface area contributed by atoms with E-state index in [-0.39, 0.29) is 6.54 Å². The first-order valence-electron chi connectivity index (χ1n) is 4.41. The van der Waals surface area contributed by atoms with Crippen LogP contribution in [0.1, 0.15) is 17.2 Å². The van der Waals surface area contributed by atoms with E-state index in [2.05, 4.69) is 0 Å². The molecule has 15 heavy (non-hydrogen) atoms. The molecule has 0 fully saturated rings. The van der Waals surface area contributed by atoms with Crippen LogP contribution < -0.4 is 9.86 Å². The van der Waals surface area contributed by atoms with Crippen molar-refractivity contribution < 1.29 is 13.5 Å². The second-order valence-corrected chi connectivity index (χ2v) is 4.64. The third-order valence-corrected chi connectivity index (χ3v) is 2.59. The standard InChI is InChI=1S/C9H14N2O3S/c1-7-4-2-3-5-8(7)9(12)6-11-15(10,13)14/h2-5,9,11-12H,6H2,1H3,(H2,10,13,14). The number of benzene rings is 1. The number of aliphatic hydroxyl groups excluding tert-OH is 1. The Hall–Kier alpha value is -0.950. The second-order valence-electron chi connectivity index (χ2n) is 3.27. The normalized spacial score (nSPS) is 13.8. The van der Waals surface area contributed by atoms with Gasteiger partial charge in [0.15, 0.2) is 0 Å². The number of hydrogen-bond acceptors (Lipinski definition) is 3. The summed E-state index contributed by atoms with van der Waals surface area (Å²) in [6.45, 7) is 1.72. The average molecular weight is 230 g/mol. The summed E-state index contributed by atoms with van der Waals surface area (Å²) in [5.41, 5.74) is 1.59. The lowest BCUT2D eigenvalue weighted by atomic mass is 10.0. The van der Waals surface area contributed by atoms with Gasteiger partial charge in [-0.2, -0.15) is 13.1 Å². The monoisotopic (exact) mass is 230 g/mol. The van der Waals surface area contributed by atoms with Crippen LogP contribution in [0.4, 0.5) is 0 Å². The van der Waals surface area contributed by atoms with E-state index in [1.165, 1.54) is 0 Å². The van der Waals surface area contributed by atoms with Gasteiger partial charge in [0.05, 0.1) is 6.10 Å². The van der Waals surface area contributed by atoms with Crippen molar-refractivity contribution in [2.24, 2.45) is 5.14 Å². The summed E-state index contributed by atoms with van der Waals surface area (Å²) < 4.78 is 23.3. The molecule has 0 aromatic heterocycles. The fourth-order valence-corrected chi connectivity index (χ4v) is 1.66. The molecule has 1 atom stereocenters. The minimum atomic E-state index is -3.75. The van der Waals surface area contributed by atoms with Crippen molar-refractivity contribution in [3.05, 3.63) is 35.4 Å². The lowest BCUT2D eigenvalue weighted by Gasteiger charge is -2.13. The van der Waals surface area contributed by atoms with Crippen molar-refractivity contribution in [2.75, 3.05) is 6.54 Å². The van der Waals surface area contributed by atoms with Crippen molar-refractivity contribution in [1.29, 1.82) is 0 Å². The van der Waals surface area contributed by atoms with E-state index in [9.17, 15) is 13.5 Å². The number of nitrogens with two attached hydrogens (primary N) is 1. The molecule has 0 aliphatic rings. The van der Waals surface area contributed by atoms with Gasteiger partial charge in [-0.1, -0.05) is 24.3 Å². The minimum Gasteiger partial charge on any atom is -0.387 e. The molecule has 5 nitrogen and oxygen atoms in total. The Balaban J connectivity index is 2.70. The molecule has 0 amide bonds. The van der Waals surface area contributed by atoms with Crippen LogP contribution in [0.3, 0.4) is 0 Å². The summed E-state index contributed by atoms with van der Waals surface area (Å²) in [7, 11) is -3.75. The van der Waals surface area contributed by atoms with Crippen molar-refractivity contribution in [1.82, 2.24) is 4.72 Å². The predicted octanol–water partition coefficient (Wildman–Crippen LogP) is -0.178. The summed E-state index contributed by atoms with van der Waals surface area (Å²) in [5.74, 6) is 0. The first kappa shape index (κ1) is 12.1. The fourth-order valence-electron chi connectivity index (χ4n) is 1.27. The molecule has 1 unspecified atom stereocenters. The van der Waals surface area contributed by atoms with Crippen molar-refractivity contribution in [3.63, 3.8) is 0 Å². The number of nitrogens with one attached hydrogen (secondary N) is 1. The van der Waals surface area contributed by atoms with E-state index in [1.54, 1.807) is 12.1 Å². The smallest absolute Gasteiger partial charge is 0.274 e. The number of rotatable bonds is 4. The van der Waals surface area contributed by atoms with E-state index in [1.807, 2.05) is 23.8 Å². The molecule has 0 saturated heterocycles. The minimum absolute atomic E-state index is 0.121. The Labute approximate surface area is 89.1 Å². The van der Waals surface area contributed by atoms with Crippen LogP contribution in [0.15, 0.2) is 24.3 Å². The lowest BCUT2D eigenvalue weighted by molar-refractivity contribution is 0.181. The van der Waals surface area contributed by atoms with Gasteiger partial charge in [-0.15, -0.1) is 0 Å². The van der Waals surface area contributed by atoms with Gasteiger partial charge >= 0.3 is 0 Å². The van der Waals surface area contributed by atoms with Gasteiger partial charge in [-0.3, -0.25) is 0 Å². The highest BCUT2D eigenvalue weighted by atomic mass is 32.2. The fraction of sp³-hybridized carbons (Fsp3) is 0.333. The van der Waals surface area contributed by atoms with Crippen molar-refractivity contribution in [2.45, 2.75) is 13.0 Å². The molecule has 1 rings (SSSR count). The zero-order valence-corrected chi connectivity index (χ0v) is 9.16. The Morgan fingerprint density at radius 3 is 2.60 bits per heavy atom. The maximum atomic E-state index is 10.6. The van der Waals surface area contributed by atoms with E-state index in [0.29, 0.717) is 5.56 Å². The molecule has 0 spiro atoms. The number of aliphatic hydroxyl groups is 1. The maximum Gasteiger partial charge on any atom is 0.274 e. The summed E-state index contributed by atoms with van der Waals surface area (Å²) in [5, 5.41) is 14.4. The van der Waals surface area contributed by atoms with Crippen LogP contribution in [-0.4, -0.2) is 20.1 Å². The molecule has 4 N–H and O–H groups in total. The molecule has 1 aromatic rings. The van der Waals surface area contributed by atoms with Gasteiger partial charge in [0.2, 0.25) is 0 Å². The molecule has 0 radical (unpaired) electrons. The molecular formula is C9H14N2O3S. The Bertz CT molecular complexity index is 431. The Morgan fingerprint density at radius 1 is 1.47 bits per heavy atom. The van der Waals surface area contributed by atoms with Gasteiger partial charge in [0.1, 0.15) is 0 Å². The van der Waals surface area contributed by atoms with Crippen molar-refractivity contribution >= 4 is 10.2 Å². The summed E-state index contributed by atoms with van der Waals surface area (Å²) in [4.78, 5) is 0. The Kier molecular flexibility index (Phi) is 3.81. The molecule has 0 saturated carbocycles. The van der Waals surface area contributed by atoms with Gasteiger partial charge in [-0.05, 0) is 18.1 Å². The summed E-state index contributed by atoms with van der Waals surface area (Å²) >= 11 is 0. The van der Waals surface area contributed by atoms with Crippen LogP contribution in [0, 0.1) is 6.92 Å². The van der Waals surface area contributed by atoms with Crippen LogP contribution in [0.25, 0.3) is 0 Å². The molecule has 1 aromatic carbocycles. The Morgan fingerprint density at radius 2 is 2.07 bits per heavy atom. The average Bonchev–Trinajstić information content (AvgIpc) is 2.14. The number of aryl methyl sites for hydroxylation is 1. The van der Waals surface area contributed by atoms with Crippen LogP contribution in [0.5, 0.6) is 0 Å². The molecule has 0 aliphatic heterocycles. The predicted molar refractivity (Wildman–Crippen MR) is 57.2 cm³/mol. The van der Waals surface area contributed by atoms with Gasteiger partial charge < -0.3 is 5.11 Å². The highest BCUT2D eigenvalue weighted by molar-refractivity contribution is 7.87. The maximum absolute atomic E-state index is 10.6. The third-order valence-electron chi connectivity index (χ3n) is 2.03. The van der Waals surface area contributed by atoms with Crippen molar-refractivity contribution in [3.8, 4) is 0 Å². The summed E-state index contributed by atoms with van der Waals surface area (Å²) in [6, 6.07) is 7.21. The molecule has 0 heterocycles. The molecule has 0 aliphatic carbocycles. The molecule has 84 valence electrons. The quantitative estimate of drug-likeness (QED) is 0.670. The highest BCUT2D eigenvalue weighted by Gasteiger charge is 2.11. The van der Waals surface area contributed by atoms with E-state index in [0.717, 1.165) is 5.56 Å². The lowest BCUT2D eigenvalue weighted by Crippen LogP contribution is -2.34. The van der Waals surface area contributed by atoms with Gasteiger partial charge in [-0.25, -0.2) is 5.14 Å². The van der Waals surface area contributed by atoms with Crippen LogP contribution in [-0.2, 0) is 10.2 Å². The largest absolute Gasteiger partial charge is 0.387 e. The summed E-state index contributed by atoms with van der Waals surface area (Å²) in [6.07, 6.45) is -0.885. The van der Waals surface area contributed by atoms with E-state index in [4.69, 9.17) is 5.14 Å². The second kappa shape index (κ2) is 4.71. The molecule has 0 bridgehead atoms. The number of hydrogen-bond donors (Lipinski definition) is 3. The van der Waals surface area contributed by atoms with E-state index >= 15 is 0 Å². The van der Waals surface area contributed by atoms with Crippen LogP contribution in [0.2, 0.25) is 0 Å². The molecule has 6 heteroatoms. The third kappa shape index (κ3) is 3.96. The SMILES string of the molecule is Cc1ccccc1C(O)CNS(N)(=O)=O. The van der Waals surface area contributed by atoms with Gasteiger partial charge in [0.25, 0.3) is 10.2 Å². The zero-order valence-electron chi connectivity index (χ0n) is 8.34. The molecular weight excluding hydrogens is 216 g/mol. The van der Waals surface area contributed by atoms with Gasteiger partial charge in [0, 0.05) is 6.54 Å². The first-order chi connectivity index (χ1) is 6.90.